The van der Waals surface area contributed by atoms with Crippen LogP contribution in [0.4, 0.5) is 10.5 Å². The van der Waals surface area contributed by atoms with E-state index < -0.39 is 21.7 Å². The smallest absolute Gasteiger partial charge is 0.412 e. The van der Waals surface area contributed by atoms with Crippen molar-refractivity contribution >= 4 is 51.5 Å². The standard InChI is InChI=1S/C17H24N2O2S.HI/c1-17(2,3)21-16(20)19-15-10-8-7-9-13(15)14(18)11-12-22(4,5)6;/h7-10,18H,1-6H3,(H,19,20);1H. The minimum absolute atomic E-state index is 0. The van der Waals surface area contributed by atoms with E-state index in [0.29, 0.717) is 11.3 Å². The van der Waals surface area contributed by atoms with Gasteiger partial charge in [0, 0.05) is 5.56 Å². The summed E-state index contributed by atoms with van der Waals surface area (Å²) in [4.78, 5) is 11.9. The number of para-hydroxylation sites is 1. The van der Waals surface area contributed by atoms with Gasteiger partial charge in [0.05, 0.1) is 5.69 Å². The van der Waals surface area contributed by atoms with Gasteiger partial charge in [0.1, 0.15) is 11.3 Å². The lowest BCUT2D eigenvalue weighted by atomic mass is 10.1. The van der Waals surface area contributed by atoms with Crippen LogP contribution in [0.5, 0.6) is 0 Å². The van der Waals surface area contributed by atoms with Crippen LogP contribution in [0, 0.1) is 16.6 Å². The zero-order valence-corrected chi connectivity index (χ0v) is 17.6. The second-order valence-corrected chi connectivity index (χ2v) is 10.5. The van der Waals surface area contributed by atoms with Crippen molar-refractivity contribution in [1.29, 1.82) is 5.41 Å². The second kappa shape index (κ2) is 8.60. The van der Waals surface area contributed by atoms with Gasteiger partial charge in [0.25, 0.3) is 0 Å². The number of hydrogen-bond donors (Lipinski definition) is 2. The zero-order chi connectivity index (χ0) is 17.0. The van der Waals surface area contributed by atoms with E-state index in [4.69, 9.17) is 10.1 Å². The number of carbonyl (C=O) groups is 1. The largest absolute Gasteiger partial charge is 0.444 e. The third-order valence-corrected chi connectivity index (χ3v) is 3.03. The molecule has 1 amide bonds. The van der Waals surface area contributed by atoms with Crippen molar-refractivity contribution in [3.63, 3.8) is 0 Å². The first-order chi connectivity index (χ1) is 9.98. The van der Waals surface area contributed by atoms with Gasteiger partial charge in [-0.1, -0.05) is 18.2 Å². The molecule has 0 aliphatic carbocycles. The molecule has 0 radical (unpaired) electrons. The van der Waals surface area contributed by atoms with Crippen molar-refractivity contribution in [2.45, 2.75) is 26.4 Å². The normalized spacial score (nSPS) is 11.4. The molecule has 0 atom stereocenters. The Bertz CT molecular complexity index is 634. The van der Waals surface area contributed by atoms with Crippen molar-refractivity contribution in [2.75, 3.05) is 24.1 Å². The van der Waals surface area contributed by atoms with Crippen LogP contribution >= 0.6 is 34.0 Å². The maximum absolute atomic E-state index is 11.9. The van der Waals surface area contributed by atoms with Crippen molar-refractivity contribution in [2.24, 2.45) is 0 Å². The summed E-state index contributed by atoms with van der Waals surface area (Å²) >= 11 is 0. The van der Waals surface area contributed by atoms with E-state index in [1.54, 1.807) is 39.0 Å². The Hall–Kier alpha value is -1.20. The number of ether oxygens (including phenoxy) is 1. The molecule has 0 heterocycles. The van der Waals surface area contributed by atoms with Gasteiger partial charge in [-0.2, -0.15) is 10.0 Å². The molecule has 1 aromatic rings. The van der Waals surface area contributed by atoms with Crippen LogP contribution in [0.15, 0.2) is 24.3 Å². The molecule has 0 spiro atoms. The summed E-state index contributed by atoms with van der Waals surface area (Å²) in [6, 6.07) is 7.11. The summed E-state index contributed by atoms with van der Waals surface area (Å²) in [5.41, 5.74) is 0.737. The molecule has 1 aromatic carbocycles. The quantitative estimate of drug-likeness (QED) is 0.392. The SMILES string of the molecule is CC(C)(C)OC(=O)Nc1ccccc1C(=N)C#CS(C)(C)C.I. The molecule has 23 heavy (non-hydrogen) atoms. The highest BCUT2D eigenvalue weighted by Gasteiger charge is 2.17. The molecule has 0 aliphatic heterocycles. The van der Waals surface area contributed by atoms with Gasteiger partial charge < -0.3 is 4.74 Å². The Kier molecular flexibility index (Phi) is 8.15. The van der Waals surface area contributed by atoms with Crippen LogP contribution in [-0.2, 0) is 4.74 Å². The van der Waals surface area contributed by atoms with Crippen molar-refractivity contribution < 1.29 is 9.53 Å². The monoisotopic (exact) mass is 448 g/mol. The lowest BCUT2D eigenvalue weighted by Crippen LogP contribution is -2.27. The average Bonchev–Trinajstić information content (AvgIpc) is 2.33. The molecular formula is C17H25IN2O2S. The molecule has 0 aliphatic rings. The fourth-order valence-corrected chi connectivity index (χ4v) is 1.90. The molecule has 0 fully saturated rings. The highest BCUT2D eigenvalue weighted by molar-refractivity contribution is 14.0. The second-order valence-electron chi connectivity index (χ2n) is 6.61. The molecule has 0 aromatic heterocycles. The summed E-state index contributed by atoms with van der Waals surface area (Å²) in [6.45, 7) is 5.41. The third kappa shape index (κ3) is 8.86. The number of anilines is 1. The molecular weight excluding hydrogens is 423 g/mol. The highest BCUT2D eigenvalue weighted by atomic mass is 127. The summed E-state index contributed by atoms with van der Waals surface area (Å²) in [7, 11) is -1.00. The first-order valence-electron chi connectivity index (χ1n) is 6.87. The van der Waals surface area contributed by atoms with E-state index in [1.165, 1.54) is 0 Å². The highest BCUT2D eigenvalue weighted by Crippen LogP contribution is 2.32. The molecule has 4 nitrogen and oxygen atoms in total. The van der Waals surface area contributed by atoms with E-state index in [-0.39, 0.29) is 29.7 Å². The minimum atomic E-state index is -1.00. The number of halogens is 1. The van der Waals surface area contributed by atoms with E-state index in [2.05, 4.69) is 35.3 Å². The van der Waals surface area contributed by atoms with Crippen LogP contribution in [0.2, 0.25) is 0 Å². The lowest BCUT2D eigenvalue weighted by molar-refractivity contribution is 0.0636. The average molecular weight is 448 g/mol. The van der Waals surface area contributed by atoms with Gasteiger partial charge in [0.2, 0.25) is 0 Å². The lowest BCUT2D eigenvalue weighted by Gasteiger charge is -2.20. The number of nitrogens with one attached hydrogen (secondary N) is 2. The Balaban J connectivity index is 0.00000484. The molecule has 128 valence electrons. The van der Waals surface area contributed by atoms with Gasteiger partial charge in [-0.05, 0) is 56.8 Å². The predicted octanol–water partition coefficient (Wildman–Crippen LogP) is 4.67. The Morgan fingerprint density at radius 3 is 2.30 bits per heavy atom. The fourth-order valence-electron chi connectivity index (χ4n) is 1.50. The van der Waals surface area contributed by atoms with Crippen LogP contribution in [0.25, 0.3) is 0 Å². The Morgan fingerprint density at radius 1 is 1.22 bits per heavy atom. The summed E-state index contributed by atoms with van der Waals surface area (Å²) in [6.07, 6.45) is 5.66. The van der Waals surface area contributed by atoms with E-state index >= 15 is 0 Å². The minimum Gasteiger partial charge on any atom is -0.444 e. The summed E-state index contributed by atoms with van der Waals surface area (Å²) in [5.74, 6) is 2.88. The predicted molar refractivity (Wildman–Crippen MR) is 112 cm³/mol. The maximum atomic E-state index is 11.9. The Morgan fingerprint density at radius 2 is 1.78 bits per heavy atom. The van der Waals surface area contributed by atoms with Gasteiger partial charge in [-0.3, -0.25) is 10.7 Å². The molecule has 0 unspecified atom stereocenters. The molecule has 0 saturated heterocycles. The van der Waals surface area contributed by atoms with E-state index in [1.807, 2.05) is 6.07 Å². The molecule has 2 N–H and O–H groups in total. The van der Waals surface area contributed by atoms with Crippen molar-refractivity contribution in [3.05, 3.63) is 29.8 Å². The summed E-state index contributed by atoms with van der Waals surface area (Å²) < 4.78 is 5.24. The van der Waals surface area contributed by atoms with Crippen LogP contribution < -0.4 is 5.32 Å². The molecule has 1 rings (SSSR count). The van der Waals surface area contributed by atoms with Crippen LogP contribution in [0.3, 0.4) is 0 Å². The van der Waals surface area contributed by atoms with Crippen molar-refractivity contribution in [1.82, 2.24) is 0 Å². The number of amides is 1. The van der Waals surface area contributed by atoms with Gasteiger partial charge >= 0.3 is 6.09 Å². The van der Waals surface area contributed by atoms with E-state index in [9.17, 15) is 4.79 Å². The number of rotatable bonds is 2. The number of hydrogen-bond acceptors (Lipinski definition) is 3. The van der Waals surface area contributed by atoms with Gasteiger partial charge in [0.15, 0.2) is 0 Å². The van der Waals surface area contributed by atoms with Crippen LogP contribution in [-0.4, -0.2) is 36.2 Å². The first kappa shape index (κ1) is 21.8. The first-order valence-corrected chi connectivity index (χ1v) is 9.73. The number of benzene rings is 1. The Labute approximate surface area is 157 Å². The van der Waals surface area contributed by atoms with Gasteiger partial charge in [-0.25, -0.2) is 4.79 Å². The summed E-state index contributed by atoms with van der Waals surface area (Å²) in [5, 5.41) is 13.9. The molecule has 0 saturated carbocycles. The fraction of sp³-hybridized carbons (Fsp3) is 0.412. The van der Waals surface area contributed by atoms with Crippen LogP contribution in [0.1, 0.15) is 26.3 Å². The topological polar surface area (TPSA) is 62.2 Å². The van der Waals surface area contributed by atoms with Crippen molar-refractivity contribution in [3.8, 4) is 11.2 Å². The third-order valence-electron chi connectivity index (χ3n) is 2.31. The maximum Gasteiger partial charge on any atom is 0.412 e. The van der Waals surface area contributed by atoms with E-state index in [0.717, 1.165) is 0 Å². The van der Waals surface area contributed by atoms with Gasteiger partial charge in [-0.15, -0.1) is 24.0 Å². The molecule has 6 heteroatoms. The molecule has 0 bridgehead atoms. The zero-order valence-electron chi connectivity index (χ0n) is 14.4. The number of carbonyl (C=O) groups excluding carboxylic acids is 1.